The van der Waals surface area contributed by atoms with Crippen molar-refractivity contribution < 1.29 is 4.79 Å². The first-order valence-corrected chi connectivity index (χ1v) is 10.6. The summed E-state index contributed by atoms with van der Waals surface area (Å²) in [6.07, 6.45) is 8.11. The number of aromatic nitrogens is 2. The number of halogens is 1. The lowest BCUT2D eigenvalue weighted by Crippen LogP contribution is -2.35. The molecule has 30 heavy (non-hydrogen) atoms. The van der Waals surface area contributed by atoms with Gasteiger partial charge in [0.05, 0.1) is 22.8 Å². The summed E-state index contributed by atoms with van der Waals surface area (Å²) in [5.41, 5.74) is 1.69. The van der Waals surface area contributed by atoms with Crippen LogP contribution in [0, 0.1) is 0 Å². The van der Waals surface area contributed by atoms with E-state index in [2.05, 4.69) is 51.7 Å². The van der Waals surface area contributed by atoms with Crippen LogP contribution in [-0.4, -0.2) is 40.2 Å². The summed E-state index contributed by atoms with van der Waals surface area (Å²) in [4.78, 5) is 15.0. The molecule has 1 aliphatic rings. The monoisotopic (exact) mass is 420 g/mol. The van der Waals surface area contributed by atoms with Crippen molar-refractivity contribution in [2.45, 2.75) is 18.9 Å². The molecular formula is C24H25ClN4O. The Balaban J connectivity index is 1.32. The van der Waals surface area contributed by atoms with Crippen molar-refractivity contribution >= 4 is 29.4 Å². The molecule has 1 aliphatic heterocycles. The van der Waals surface area contributed by atoms with Crippen LogP contribution in [0.15, 0.2) is 72.9 Å². The minimum absolute atomic E-state index is 0.217. The molecule has 0 unspecified atom stereocenters. The van der Waals surface area contributed by atoms with Crippen molar-refractivity contribution in [2.24, 2.45) is 0 Å². The summed E-state index contributed by atoms with van der Waals surface area (Å²) >= 11 is 6.15. The van der Waals surface area contributed by atoms with E-state index in [9.17, 15) is 4.79 Å². The zero-order valence-corrected chi connectivity index (χ0v) is 17.5. The van der Waals surface area contributed by atoms with Gasteiger partial charge in [-0.1, -0.05) is 66.2 Å². The fourth-order valence-electron chi connectivity index (χ4n) is 3.78. The quantitative estimate of drug-likeness (QED) is 0.600. The summed E-state index contributed by atoms with van der Waals surface area (Å²) in [5.74, 6) is 0.494. The summed E-state index contributed by atoms with van der Waals surface area (Å²) in [6.45, 7) is 2.94. The summed E-state index contributed by atoms with van der Waals surface area (Å²) < 4.78 is 1.94. The fraction of sp³-hybridized carbons (Fsp3) is 0.250. The Morgan fingerprint density at radius 1 is 1.07 bits per heavy atom. The van der Waals surface area contributed by atoms with E-state index in [1.54, 1.807) is 24.4 Å². The van der Waals surface area contributed by atoms with Crippen molar-refractivity contribution in [3.63, 3.8) is 0 Å². The van der Waals surface area contributed by atoms with Gasteiger partial charge in [0.15, 0.2) is 0 Å². The SMILES string of the molecule is O=C(Nc1ccnn1C1CCN(C/C=C/c2ccccc2)CC1)c1ccccc1Cl. The van der Waals surface area contributed by atoms with Gasteiger partial charge in [0.2, 0.25) is 0 Å². The van der Waals surface area contributed by atoms with Crippen LogP contribution in [0.5, 0.6) is 0 Å². The normalized spacial score (nSPS) is 15.5. The Labute approximate surface area is 182 Å². The van der Waals surface area contributed by atoms with E-state index in [1.807, 2.05) is 22.9 Å². The lowest BCUT2D eigenvalue weighted by atomic mass is 10.1. The minimum atomic E-state index is -0.217. The molecule has 3 aromatic rings. The summed E-state index contributed by atoms with van der Waals surface area (Å²) in [7, 11) is 0. The van der Waals surface area contributed by atoms with E-state index in [-0.39, 0.29) is 11.9 Å². The molecule has 2 heterocycles. The number of nitrogens with one attached hydrogen (secondary N) is 1. The topological polar surface area (TPSA) is 50.2 Å². The van der Waals surface area contributed by atoms with E-state index >= 15 is 0 Å². The van der Waals surface area contributed by atoms with E-state index in [0.29, 0.717) is 16.4 Å². The Kier molecular flexibility index (Phi) is 6.62. The van der Waals surface area contributed by atoms with Gasteiger partial charge in [0.1, 0.15) is 5.82 Å². The Bertz CT molecular complexity index is 1010. The largest absolute Gasteiger partial charge is 0.307 e. The fourth-order valence-corrected chi connectivity index (χ4v) is 4.00. The first-order chi connectivity index (χ1) is 14.7. The van der Waals surface area contributed by atoms with Gasteiger partial charge in [0.25, 0.3) is 5.91 Å². The van der Waals surface area contributed by atoms with E-state index in [4.69, 9.17) is 11.6 Å². The van der Waals surface area contributed by atoms with Crippen molar-refractivity contribution in [2.75, 3.05) is 25.0 Å². The number of carbonyl (C=O) groups is 1. The number of nitrogens with zero attached hydrogens (tertiary/aromatic N) is 3. The van der Waals surface area contributed by atoms with Crippen LogP contribution < -0.4 is 5.32 Å². The van der Waals surface area contributed by atoms with Gasteiger partial charge >= 0.3 is 0 Å². The molecule has 2 aromatic carbocycles. The highest BCUT2D eigenvalue weighted by Gasteiger charge is 2.23. The highest BCUT2D eigenvalue weighted by Crippen LogP contribution is 2.26. The van der Waals surface area contributed by atoms with Gasteiger partial charge in [-0.2, -0.15) is 5.10 Å². The predicted molar refractivity (Wildman–Crippen MR) is 122 cm³/mol. The highest BCUT2D eigenvalue weighted by atomic mass is 35.5. The molecule has 4 rings (SSSR count). The molecule has 5 nitrogen and oxygen atoms in total. The maximum absolute atomic E-state index is 12.6. The number of amides is 1. The standard InChI is InChI=1S/C24H25ClN4O/c25-22-11-5-4-10-21(22)24(30)27-23-12-15-26-29(23)20-13-17-28(18-14-20)16-6-9-19-7-2-1-3-8-19/h1-12,15,20H,13-14,16-18H2,(H,27,30)/b9-6+. The Hall–Kier alpha value is -2.89. The predicted octanol–water partition coefficient (Wildman–Crippen LogP) is 5.14. The molecule has 0 saturated carbocycles. The van der Waals surface area contributed by atoms with Crippen molar-refractivity contribution in [3.8, 4) is 0 Å². The van der Waals surface area contributed by atoms with Crippen LogP contribution in [0.4, 0.5) is 5.82 Å². The molecule has 0 bridgehead atoms. The second-order valence-electron chi connectivity index (χ2n) is 7.44. The molecular weight excluding hydrogens is 396 g/mol. The van der Waals surface area contributed by atoms with Crippen molar-refractivity contribution in [3.05, 3.63) is 89.1 Å². The molecule has 6 heteroatoms. The number of hydrogen-bond acceptors (Lipinski definition) is 3. The lowest BCUT2D eigenvalue weighted by molar-refractivity contribution is 0.102. The maximum atomic E-state index is 12.6. The lowest BCUT2D eigenvalue weighted by Gasteiger charge is -2.32. The Morgan fingerprint density at radius 3 is 2.57 bits per heavy atom. The van der Waals surface area contributed by atoms with Crippen molar-refractivity contribution in [1.82, 2.24) is 14.7 Å². The van der Waals surface area contributed by atoms with Gasteiger partial charge < -0.3 is 5.32 Å². The Morgan fingerprint density at radius 2 is 1.80 bits per heavy atom. The smallest absolute Gasteiger partial charge is 0.258 e. The summed E-state index contributed by atoms with van der Waals surface area (Å²) in [5, 5.41) is 7.88. The molecule has 1 saturated heterocycles. The number of anilines is 1. The van der Waals surface area contributed by atoms with E-state index in [1.165, 1.54) is 5.56 Å². The third kappa shape index (κ3) is 4.99. The van der Waals surface area contributed by atoms with E-state index in [0.717, 1.165) is 32.5 Å². The number of carbonyl (C=O) groups excluding carboxylic acids is 1. The van der Waals surface area contributed by atoms with E-state index < -0.39 is 0 Å². The number of rotatable bonds is 6. The number of likely N-dealkylation sites (tertiary alicyclic amines) is 1. The minimum Gasteiger partial charge on any atom is -0.307 e. The molecule has 0 radical (unpaired) electrons. The van der Waals surface area contributed by atoms with Gasteiger partial charge in [-0.3, -0.25) is 9.69 Å². The molecule has 0 atom stereocenters. The zero-order chi connectivity index (χ0) is 20.8. The van der Waals surface area contributed by atoms with Gasteiger partial charge in [-0.25, -0.2) is 4.68 Å². The molecule has 1 N–H and O–H groups in total. The average molecular weight is 421 g/mol. The molecule has 1 fully saturated rings. The van der Waals surface area contributed by atoms with Crippen LogP contribution in [0.2, 0.25) is 5.02 Å². The zero-order valence-electron chi connectivity index (χ0n) is 16.7. The van der Waals surface area contributed by atoms with Gasteiger partial charge in [-0.05, 0) is 30.5 Å². The summed E-state index contributed by atoms with van der Waals surface area (Å²) in [6, 6.07) is 19.5. The van der Waals surface area contributed by atoms with Crippen LogP contribution in [-0.2, 0) is 0 Å². The third-order valence-corrected chi connectivity index (χ3v) is 5.74. The van der Waals surface area contributed by atoms with Crippen LogP contribution in [0.3, 0.4) is 0 Å². The van der Waals surface area contributed by atoms with Crippen LogP contribution >= 0.6 is 11.6 Å². The molecule has 1 amide bonds. The van der Waals surface area contributed by atoms with Gasteiger partial charge in [-0.15, -0.1) is 0 Å². The highest BCUT2D eigenvalue weighted by molar-refractivity contribution is 6.34. The second-order valence-corrected chi connectivity index (χ2v) is 7.85. The number of piperidine rings is 1. The maximum Gasteiger partial charge on any atom is 0.258 e. The second kappa shape index (κ2) is 9.74. The first kappa shape index (κ1) is 20.4. The molecule has 0 spiro atoms. The molecule has 0 aliphatic carbocycles. The van der Waals surface area contributed by atoms with Crippen LogP contribution in [0.1, 0.15) is 34.8 Å². The van der Waals surface area contributed by atoms with Crippen LogP contribution in [0.25, 0.3) is 6.08 Å². The molecule has 154 valence electrons. The molecule has 1 aromatic heterocycles. The first-order valence-electron chi connectivity index (χ1n) is 10.2. The van der Waals surface area contributed by atoms with Crippen molar-refractivity contribution in [1.29, 1.82) is 0 Å². The average Bonchev–Trinajstić information content (AvgIpc) is 3.23. The van der Waals surface area contributed by atoms with Gasteiger partial charge in [0, 0.05) is 25.7 Å². The third-order valence-electron chi connectivity index (χ3n) is 5.41. The number of benzene rings is 2. The number of hydrogen-bond donors (Lipinski definition) is 1.